The van der Waals surface area contributed by atoms with Crippen molar-refractivity contribution < 1.29 is 32.9 Å². The molecule has 1 aromatic heterocycles. The summed E-state index contributed by atoms with van der Waals surface area (Å²) in [6, 6.07) is 2.44. The van der Waals surface area contributed by atoms with Crippen LogP contribution in [0, 0.1) is 17.5 Å². The number of carboxylic acids is 1. The molecule has 0 saturated carbocycles. The van der Waals surface area contributed by atoms with Crippen LogP contribution < -0.4 is 0 Å². The Morgan fingerprint density at radius 3 is 2.26 bits per heavy atom. The molecule has 1 fully saturated rings. The van der Waals surface area contributed by atoms with Crippen molar-refractivity contribution in [3.8, 4) is 11.1 Å². The van der Waals surface area contributed by atoms with E-state index in [1.54, 1.807) is 0 Å². The first-order valence-electron chi connectivity index (χ1n) is 6.51. The quantitative estimate of drug-likeness (QED) is 0.903. The third-order valence-electron chi connectivity index (χ3n) is 3.59. The molecule has 0 spiro atoms. The van der Waals surface area contributed by atoms with E-state index < -0.39 is 45.8 Å². The summed E-state index contributed by atoms with van der Waals surface area (Å²) in [5, 5.41) is 19.1. The van der Waals surface area contributed by atoms with Gasteiger partial charge in [-0.2, -0.15) is 0 Å². The third kappa shape index (κ3) is 2.55. The number of pyridine rings is 1. The summed E-state index contributed by atoms with van der Waals surface area (Å²) in [7, 11) is 0. The maximum Gasteiger partial charge on any atom is 0.355 e. The molecule has 3 rings (SSSR count). The van der Waals surface area contributed by atoms with Crippen LogP contribution in [-0.4, -0.2) is 34.4 Å². The lowest BCUT2D eigenvalue weighted by Gasteiger charge is -2.36. The number of aromatic carboxylic acids is 1. The minimum Gasteiger partial charge on any atom is -0.476 e. The average Bonchev–Trinajstić information content (AvgIpc) is 2.43. The summed E-state index contributed by atoms with van der Waals surface area (Å²) in [5.41, 5.74) is -3.44. The highest BCUT2D eigenvalue weighted by atomic mass is 19.1. The smallest absolute Gasteiger partial charge is 0.355 e. The minimum absolute atomic E-state index is 0.0382. The van der Waals surface area contributed by atoms with Gasteiger partial charge in [-0.1, -0.05) is 0 Å². The minimum atomic E-state index is -1.55. The van der Waals surface area contributed by atoms with E-state index in [0.29, 0.717) is 12.3 Å². The average molecular weight is 325 g/mol. The van der Waals surface area contributed by atoms with Gasteiger partial charge in [-0.25, -0.2) is 22.9 Å². The number of hydrogen-bond donors (Lipinski definition) is 2. The van der Waals surface area contributed by atoms with Crippen molar-refractivity contribution in [2.45, 2.75) is 5.60 Å². The van der Waals surface area contributed by atoms with Gasteiger partial charge in [0.1, 0.15) is 23.1 Å². The number of carboxylic acid groups (broad SMARTS) is 1. The van der Waals surface area contributed by atoms with Crippen LogP contribution in [0.25, 0.3) is 11.1 Å². The molecular weight excluding hydrogens is 315 g/mol. The highest BCUT2D eigenvalue weighted by Gasteiger charge is 2.39. The Hall–Kier alpha value is -2.45. The van der Waals surface area contributed by atoms with Crippen molar-refractivity contribution in [3.05, 3.63) is 53.1 Å². The zero-order valence-electron chi connectivity index (χ0n) is 11.5. The third-order valence-corrected chi connectivity index (χ3v) is 3.59. The summed E-state index contributed by atoms with van der Waals surface area (Å²) < 4.78 is 46.8. The SMILES string of the molecule is O=C(O)c1ncc(F)cc1-c1c(F)cc(C2(O)COC2)cc1F. The lowest BCUT2D eigenvalue weighted by Crippen LogP contribution is -2.46. The Labute approximate surface area is 128 Å². The number of carbonyl (C=O) groups is 1. The molecular formula is C15H10F3NO4. The summed E-state index contributed by atoms with van der Waals surface area (Å²) in [5.74, 6) is -4.74. The lowest BCUT2D eigenvalue weighted by atomic mass is 9.89. The second-order valence-corrected chi connectivity index (χ2v) is 5.19. The normalized spacial score (nSPS) is 16.0. The standard InChI is InChI=1S/C15H10F3NO4/c16-8-3-9(13(14(20)21)19-4-8)12-10(17)1-7(2-11(12)18)15(22)5-23-6-15/h1-4,22H,5-6H2,(H,20,21). The molecule has 2 heterocycles. The first-order chi connectivity index (χ1) is 10.8. The molecule has 1 aliphatic heterocycles. The van der Waals surface area contributed by atoms with Crippen molar-refractivity contribution in [2.24, 2.45) is 0 Å². The van der Waals surface area contributed by atoms with Crippen molar-refractivity contribution in [3.63, 3.8) is 0 Å². The van der Waals surface area contributed by atoms with Crippen LogP contribution in [-0.2, 0) is 10.3 Å². The number of nitrogens with zero attached hydrogens (tertiary/aromatic N) is 1. The van der Waals surface area contributed by atoms with E-state index in [-0.39, 0.29) is 18.8 Å². The summed E-state index contributed by atoms with van der Waals surface area (Å²) in [6.07, 6.45) is 0.644. The van der Waals surface area contributed by atoms with Crippen LogP contribution >= 0.6 is 0 Å². The van der Waals surface area contributed by atoms with Gasteiger partial charge in [-0.05, 0) is 23.8 Å². The molecule has 0 amide bonds. The number of halogens is 3. The van der Waals surface area contributed by atoms with Crippen LogP contribution in [0.1, 0.15) is 16.1 Å². The summed E-state index contributed by atoms with van der Waals surface area (Å²) >= 11 is 0. The first kappa shape index (κ1) is 15.4. The summed E-state index contributed by atoms with van der Waals surface area (Å²) in [6.45, 7) is -0.208. The topological polar surface area (TPSA) is 79.7 Å². The predicted molar refractivity (Wildman–Crippen MR) is 71.2 cm³/mol. The van der Waals surface area contributed by atoms with Gasteiger partial charge >= 0.3 is 5.97 Å². The van der Waals surface area contributed by atoms with E-state index in [4.69, 9.17) is 9.84 Å². The molecule has 1 saturated heterocycles. The van der Waals surface area contributed by atoms with E-state index in [1.807, 2.05) is 0 Å². The number of aliphatic hydroxyl groups is 1. The molecule has 0 aliphatic carbocycles. The number of hydrogen-bond acceptors (Lipinski definition) is 4. The molecule has 1 aromatic carbocycles. The van der Waals surface area contributed by atoms with Crippen molar-refractivity contribution in [1.82, 2.24) is 4.98 Å². The summed E-state index contributed by atoms with van der Waals surface area (Å²) in [4.78, 5) is 14.5. The Morgan fingerprint density at radius 2 is 1.78 bits per heavy atom. The highest BCUT2D eigenvalue weighted by Crippen LogP contribution is 2.35. The molecule has 2 N–H and O–H groups in total. The Bertz CT molecular complexity index is 782. The number of rotatable bonds is 3. The van der Waals surface area contributed by atoms with E-state index in [1.165, 1.54) is 0 Å². The molecule has 0 bridgehead atoms. The number of ether oxygens (including phenoxy) is 1. The fraction of sp³-hybridized carbons (Fsp3) is 0.200. The van der Waals surface area contributed by atoms with Gasteiger partial charge in [0.25, 0.3) is 0 Å². The zero-order valence-corrected chi connectivity index (χ0v) is 11.5. The molecule has 0 radical (unpaired) electrons. The van der Waals surface area contributed by atoms with Crippen molar-refractivity contribution in [1.29, 1.82) is 0 Å². The van der Waals surface area contributed by atoms with E-state index in [9.17, 15) is 23.1 Å². The van der Waals surface area contributed by atoms with Crippen LogP contribution in [0.2, 0.25) is 0 Å². The molecule has 120 valence electrons. The Balaban J connectivity index is 2.18. The van der Waals surface area contributed by atoms with Gasteiger partial charge in [-0.15, -0.1) is 0 Å². The monoisotopic (exact) mass is 325 g/mol. The van der Waals surface area contributed by atoms with Crippen molar-refractivity contribution in [2.75, 3.05) is 13.2 Å². The zero-order chi connectivity index (χ0) is 16.8. The molecule has 23 heavy (non-hydrogen) atoms. The second-order valence-electron chi connectivity index (χ2n) is 5.19. The number of benzene rings is 1. The van der Waals surface area contributed by atoms with E-state index in [2.05, 4.69) is 4.98 Å². The lowest BCUT2D eigenvalue weighted by molar-refractivity contribution is -0.184. The molecule has 5 nitrogen and oxygen atoms in total. The van der Waals surface area contributed by atoms with Crippen LogP contribution in [0.4, 0.5) is 13.2 Å². The fourth-order valence-corrected chi connectivity index (χ4v) is 2.36. The number of aromatic nitrogens is 1. The van der Waals surface area contributed by atoms with Gasteiger partial charge in [0.2, 0.25) is 0 Å². The van der Waals surface area contributed by atoms with Gasteiger partial charge in [0.15, 0.2) is 5.69 Å². The van der Waals surface area contributed by atoms with Crippen LogP contribution in [0.15, 0.2) is 24.4 Å². The van der Waals surface area contributed by atoms with Crippen molar-refractivity contribution >= 4 is 5.97 Å². The van der Waals surface area contributed by atoms with Gasteiger partial charge in [0.05, 0.1) is 25.0 Å². The van der Waals surface area contributed by atoms with Crippen LogP contribution in [0.5, 0.6) is 0 Å². The van der Waals surface area contributed by atoms with Crippen LogP contribution in [0.3, 0.4) is 0 Å². The van der Waals surface area contributed by atoms with Gasteiger partial charge in [0, 0.05) is 5.56 Å². The van der Waals surface area contributed by atoms with E-state index in [0.717, 1.165) is 12.1 Å². The Kier molecular flexibility index (Phi) is 3.57. The highest BCUT2D eigenvalue weighted by molar-refractivity contribution is 5.94. The van der Waals surface area contributed by atoms with E-state index >= 15 is 0 Å². The first-order valence-corrected chi connectivity index (χ1v) is 6.51. The second kappa shape index (κ2) is 5.32. The molecule has 1 aliphatic rings. The predicted octanol–water partition coefficient (Wildman–Crippen LogP) is 2.08. The molecule has 0 unspecified atom stereocenters. The Morgan fingerprint density at radius 1 is 1.17 bits per heavy atom. The molecule has 2 aromatic rings. The largest absolute Gasteiger partial charge is 0.476 e. The maximum atomic E-state index is 14.3. The van der Waals surface area contributed by atoms with Gasteiger partial charge in [-0.3, -0.25) is 0 Å². The molecule has 8 heteroatoms. The maximum absolute atomic E-state index is 14.3. The van der Waals surface area contributed by atoms with Gasteiger partial charge < -0.3 is 14.9 Å². The molecule has 0 atom stereocenters. The fourth-order valence-electron chi connectivity index (χ4n) is 2.36.